The molecule has 0 unspecified atom stereocenters. The number of phenols is 1. The average Bonchev–Trinajstić information content (AvgIpc) is 3.14. The van der Waals surface area contributed by atoms with Crippen LogP contribution < -0.4 is 20.1 Å². The highest BCUT2D eigenvalue weighted by Gasteiger charge is 2.13. The Morgan fingerprint density at radius 3 is 2.71 bits per heavy atom. The molecule has 2 amide bonds. The minimum Gasteiger partial charge on any atom is -0.504 e. The van der Waals surface area contributed by atoms with Gasteiger partial charge in [0.1, 0.15) is 17.8 Å². The van der Waals surface area contributed by atoms with Crippen molar-refractivity contribution in [2.24, 2.45) is 0 Å². The fraction of sp³-hybridized carbons (Fsp3) is 0.100. The Kier molecular flexibility index (Phi) is 5.46. The van der Waals surface area contributed by atoms with Crippen LogP contribution >= 0.6 is 11.6 Å². The second-order valence-corrected chi connectivity index (χ2v) is 6.77. The van der Waals surface area contributed by atoms with Crippen molar-refractivity contribution in [2.75, 3.05) is 17.7 Å². The number of anilines is 2. The summed E-state index contributed by atoms with van der Waals surface area (Å²) in [5.74, 6) is 1.70. The van der Waals surface area contributed by atoms with E-state index in [2.05, 4.69) is 25.8 Å². The molecule has 0 bridgehead atoms. The summed E-state index contributed by atoms with van der Waals surface area (Å²) >= 11 is 6.29. The summed E-state index contributed by atoms with van der Waals surface area (Å²) in [7, 11) is 1.44. The van der Waals surface area contributed by atoms with Crippen molar-refractivity contribution in [1.82, 2.24) is 15.1 Å². The molecule has 0 aliphatic carbocycles. The van der Waals surface area contributed by atoms with Crippen LogP contribution in [0.1, 0.15) is 5.76 Å². The number of carbonyl (C=O) groups is 1. The van der Waals surface area contributed by atoms with E-state index in [1.807, 2.05) is 0 Å². The molecule has 3 N–H and O–H groups in total. The van der Waals surface area contributed by atoms with Gasteiger partial charge in [0.05, 0.1) is 28.7 Å². The summed E-state index contributed by atoms with van der Waals surface area (Å²) in [5, 5.41) is 19.6. The van der Waals surface area contributed by atoms with Crippen LogP contribution in [0.4, 0.5) is 16.3 Å². The van der Waals surface area contributed by atoms with Crippen molar-refractivity contribution < 1.29 is 23.9 Å². The molecule has 11 heteroatoms. The van der Waals surface area contributed by atoms with Gasteiger partial charge in [0.2, 0.25) is 5.88 Å². The zero-order valence-corrected chi connectivity index (χ0v) is 17.1. The molecule has 0 atom stereocenters. The van der Waals surface area contributed by atoms with E-state index in [0.29, 0.717) is 28.1 Å². The van der Waals surface area contributed by atoms with Gasteiger partial charge in [-0.1, -0.05) is 16.8 Å². The predicted octanol–water partition coefficient (Wildman–Crippen LogP) is 4.73. The molecule has 2 aromatic heterocycles. The lowest BCUT2D eigenvalue weighted by Gasteiger charge is -2.11. The molecule has 0 aliphatic rings. The molecule has 31 heavy (non-hydrogen) atoms. The lowest BCUT2D eigenvalue weighted by molar-refractivity contribution is 0.262. The quantitative estimate of drug-likeness (QED) is 0.405. The largest absolute Gasteiger partial charge is 0.504 e. The summed E-state index contributed by atoms with van der Waals surface area (Å²) in [5.41, 5.74) is 0.846. The highest BCUT2D eigenvalue weighted by molar-refractivity contribution is 6.34. The first-order chi connectivity index (χ1) is 14.9. The second kappa shape index (κ2) is 8.36. The minimum absolute atomic E-state index is 0.0443. The molecular weight excluding hydrogens is 426 g/mol. The Bertz CT molecular complexity index is 1280. The van der Waals surface area contributed by atoms with Gasteiger partial charge in [-0.15, -0.1) is 0 Å². The number of amides is 2. The Labute approximate surface area is 180 Å². The number of ether oxygens (including phenoxy) is 2. The van der Waals surface area contributed by atoms with Crippen molar-refractivity contribution >= 4 is 40.0 Å². The normalized spacial score (nSPS) is 10.7. The van der Waals surface area contributed by atoms with Crippen LogP contribution in [-0.4, -0.2) is 33.4 Å². The van der Waals surface area contributed by atoms with Crippen LogP contribution in [0.25, 0.3) is 10.9 Å². The monoisotopic (exact) mass is 441 g/mol. The Hall–Kier alpha value is -4.05. The first-order valence-corrected chi connectivity index (χ1v) is 9.31. The number of urea groups is 1. The van der Waals surface area contributed by atoms with Crippen LogP contribution in [0, 0.1) is 6.92 Å². The number of aromatic nitrogens is 3. The number of halogens is 1. The summed E-state index contributed by atoms with van der Waals surface area (Å²) in [6, 6.07) is 8.82. The molecule has 10 nitrogen and oxygen atoms in total. The van der Waals surface area contributed by atoms with E-state index in [4.69, 9.17) is 25.6 Å². The van der Waals surface area contributed by atoms with E-state index >= 15 is 0 Å². The SMILES string of the molecule is COc1cc2c(Oc3ccc(NC(=O)Nc4cc(C)on4)c(Cl)c3)ncnc2cc1O. The van der Waals surface area contributed by atoms with Crippen LogP contribution in [0.3, 0.4) is 0 Å². The van der Waals surface area contributed by atoms with E-state index in [0.717, 1.165) is 0 Å². The highest BCUT2D eigenvalue weighted by atomic mass is 35.5. The molecule has 0 saturated heterocycles. The molecule has 0 fully saturated rings. The number of phenolic OH excluding ortho intramolecular Hbond substituents is 1. The van der Waals surface area contributed by atoms with Crippen LogP contribution in [0.5, 0.6) is 23.1 Å². The van der Waals surface area contributed by atoms with Gasteiger partial charge in [-0.25, -0.2) is 14.8 Å². The number of nitrogens with zero attached hydrogens (tertiary/aromatic N) is 3. The van der Waals surface area contributed by atoms with Gasteiger partial charge in [-0.3, -0.25) is 5.32 Å². The summed E-state index contributed by atoms with van der Waals surface area (Å²) in [6.45, 7) is 1.71. The zero-order valence-electron chi connectivity index (χ0n) is 16.3. The topological polar surface area (TPSA) is 132 Å². The fourth-order valence-corrected chi connectivity index (χ4v) is 2.98. The summed E-state index contributed by atoms with van der Waals surface area (Å²) in [6.07, 6.45) is 1.32. The lowest BCUT2D eigenvalue weighted by atomic mass is 10.2. The maximum Gasteiger partial charge on any atom is 0.324 e. The number of aromatic hydroxyl groups is 1. The number of benzene rings is 2. The Morgan fingerprint density at radius 1 is 1.16 bits per heavy atom. The van der Waals surface area contributed by atoms with Crippen molar-refractivity contribution in [2.45, 2.75) is 6.92 Å². The number of methoxy groups -OCH3 is 1. The van der Waals surface area contributed by atoms with Crippen molar-refractivity contribution in [3.8, 4) is 23.1 Å². The summed E-state index contributed by atoms with van der Waals surface area (Å²) in [4.78, 5) is 20.4. The second-order valence-electron chi connectivity index (χ2n) is 6.37. The average molecular weight is 442 g/mol. The zero-order chi connectivity index (χ0) is 22.0. The van der Waals surface area contributed by atoms with Gasteiger partial charge in [0.15, 0.2) is 17.3 Å². The molecular formula is C20H16ClN5O5. The first kappa shape index (κ1) is 20.2. The molecule has 0 saturated carbocycles. The first-order valence-electron chi connectivity index (χ1n) is 8.93. The van der Waals surface area contributed by atoms with E-state index in [1.54, 1.807) is 31.2 Å². The molecule has 4 rings (SSSR count). The van der Waals surface area contributed by atoms with Gasteiger partial charge in [-0.05, 0) is 25.1 Å². The number of rotatable bonds is 5. The van der Waals surface area contributed by atoms with Crippen LogP contribution in [-0.2, 0) is 0 Å². The minimum atomic E-state index is -0.530. The smallest absolute Gasteiger partial charge is 0.324 e. The molecule has 2 aromatic carbocycles. The number of fused-ring (bicyclic) bond motifs is 1. The van der Waals surface area contributed by atoms with Gasteiger partial charge in [-0.2, -0.15) is 0 Å². The fourth-order valence-electron chi connectivity index (χ4n) is 2.76. The lowest BCUT2D eigenvalue weighted by Crippen LogP contribution is -2.19. The molecule has 0 aliphatic heterocycles. The maximum absolute atomic E-state index is 12.1. The van der Waals surface area contributed by atoms with E-state index in [-0.39, 0.29) is 28.2 Å². The number of aryl methyl sites for hydroxylation is 1. The highest BCUT2D eigenvalue weighted by Crippen LogP contribution is 2.36. The van der Waals surface area contributed by atoms with Gasteiger partial charge in [0.25, 0.3) is 0 Å². The van der Waals surface area contributed by atoms with Crippen molar-refractivity contribution in [3.63, 3.8) is 0 Å². The van der Waals surface area contributed by atoms with Crippen molar-refractivity contribution in [1.29, 1.82) is 0 Å². The Morgan fingerprint density at radius 2 is 2.00 bits per heavy atom. The standard InChI is InChI=1S/C20H16ClN5O5/c1-10-5-18(26-31-10)25-20(28)24-14-4-3-11(6-13(14)21)30-19-12-7-17(29-2)16(27)8-15(12)22-9-23-19/h3-9,27H,1-2H3,(H2,24,25,26,28). The third-order valence-corrected chi connectivity index (χ3v) is 4.48. The van der Waals surface area contributed by atoms with Crippen LogP contribution in [0.15, 0.2) is 47.2 Å². The molecule has 158 valence electrons. The number of hydrogen-bond donors (Lipinski definition) is 3. The molecule has 0 spiro atoms. The number of carbonyl (C=O) groups excluding carboxylic acids is 1. The van der Waals surface area contributed by atoms with Crippen molar-refractivity contribution in [3.05, 3.63) is 53.5 Å². The summed E-state index contributed by atoms with van der Waals surface area (Å²) < 4.78 is 15.9. The van der Waals surface area contributed by atoms with Crippen LogP contribution in [0.2, 0.25) is 5.02 Å². The van der Waals surface area contributed by atoms with E-state index in [1.165, 1.54) is 25.6 Å². The maximum atomic E-state index is 12.1. The van der Waals surface area contributed by atoms with Gasteiger partial charge in [0, 0.05) is 18.2 Å². The van der Waals surface area contributed by atoms with Gasteiger partial charge < -0.3 is 24.4 Å². The van der Waals surface area contributed by atoms with E-state index in [9.17, 15) is 9.90 Å². The predicted molar refractivity (Wildman–Crippen MR) is 113 cm³/mol. The van der Waals surface area contributed by atoms with E-state index < -0.39 is 6.03 Å². The number of hydrogen-bond acceptors (Lipinski definition) is 8. The van der Waals surface area contributed by atoms with Gasteiger partial charge >= 0.3 is 6.03 Å². The molecule has 4 aromatic rings. The molecule has 2 heterocycles. The Balaban J connectivity index is 1.53. The third kappa shape index (κ3) is 4.43. The third-order valence-electron chi connectivity index (χ3n) is 4.17. The number of nitrogens with one attached hydrogen (secondary N) is 2. The molecule has 0 radical (unpaired) electrons.